The molecule has 2 aliphatic heterocycles. The first-order valence-electron chi connectivity index (χ1n) is 16.3. The van der Waals surface area contributed by atoms with Gasteiger partial charge in [-0.2, -0.15) is 8.78 Å². The van der Waals surface area contributed by atoms with Crippen molar-refractivity contribution in [2.75, 3.05) is 19.7 Å². The highest BCUT2D eigenvalue weighted by Crippen LogP contribution is 2.59. The third-order valence-electron chi connectivity index (χ3n) is 9.29. The van der Waals surface area contributed by atoms with Crippen LogP contribution in [-0.2, 0) is 37.5 Å². The molecule has 1 aromatic heterocycles. The number of nitrogens with one attached hydrogen (secondary N) is 1. The highest BCUT2D eigenvalue weighted by atomic mass is 35.5. The van der Waals surface area contributed by atoms with Gasteiger partial charge in [-0.25, -0.2) is 0 Å². The van der Waals surface area contributed by atoms with Crippen LogP contribution in [0.4, 0.5) is 8.78 Å². The highest BCUT2D eigenvalue weighted by Gasteiger charge is 2.50. The Bertz CT molecular complexity index is 2050. The third-order valence-corrected chi connectivity index (χ3v) is 11.7. The fourth-order valence-corrected chi connectivity index (χ4v) is 8.17. The second-order valence-corrected chi connectivity index (χ2v) is 17.0. The van der Waals surface area contributed by atoms with E-state index in [0.717, 1.165) is 40.2 Å². The summed E-state index contributed by atoms with van der Waals surface area (Å²) >= 11 is 7.44. The summed E-state index contributed by atoms with van der Waals surface area (Å²) in [7, 11) is -5.79. The van der Waals surface area contributed by atoms with Gasteiger partial charge in [0, 0.05) is 40.4 Å². The van der Waals surface area contributed by atoms with E-state index in [1.54, 1.807) is 31.7 Å². The lowest BCUT2D eigenvalue weighted by molar-refractivity contribution is -0.153. The molecule has 0 radical (unpaired) electrons. The van der Waals surface area contributed by atoms with E-state index in [-0.39, 0.29) is 42.3 Å². The molecule has 1 fully saturated rings. The van der Waals surface area contributed by atoms with Crippen molar-refractivity contribution in [2.24, 2.45) is 5.41 Å². The van der Waals surface area contributed by atoms with Crippen LogP contribution in [0.2, 0.25) is 5.02 Å². The number of hydrogen-bond donors (Lipinski definition) is 3. The van der Waals surface area contributed by atoms with Crippen LogP contribution in [0.5, 0.6) is 0 Å². The van der Waals surface area contributed by atoms with Crippen LogP contribution in [-0.4, -0.2) is 69.1 Å². The summed E-state index contributed by atoms with van der Waals surface area (Å²) in [5, 5.41) is 3.56. The van der Waals surface area contributed by atoms with Gasteiger partial charge in [0.15, 0.2) is 0 Å². The maximum Gasteiger partial charge on any atom is 0.399 e. The molecule has 6 rings (SSSR count). The average molecular weight is 760 g/mol. The number of thiophene rings is 1. The van der Waals surface area contributed by atoms with Crippen molar-refractivity contribution in [1.29, 1.82) is 0 Å². The summed E-state index contributed by atoms with van der Waals surface area (Å²) in [6.07, 6.45) is -0.171. The molecule has 51 heavy (non-hydrogen) atoms. The van der Waals surface area contributed by atoms with Crippen LogP contribution >= 0.6 is 30.5 Å². The van der Waals surface area contributed by atoms with Crippen molar-refractivity contribution in [3.8, 4) is 0 Å². The van der Waals surface area contributed by atoms with Crippen LogP contribution in [0.15, 0.2) is 72.8 Å². The fraction of sp³-hybridized carbons (Fsp3) is 0.361. The van der Waals surface area contributed by atoms with Gasteiger partial charge < -0.3 is 29.6 Å². The van der Waals surface area contributed by atoms with Crippen molar-refractivity contribution in [2.45, 2.75) is 57.6 Å². The molecule has 0 spiro atoms. The number of hydrogen-bond acceptors (Lipinski definition) is 6. The summed E-state index contributed by atoms with van der Waals surface area (Å²) in [5.74, 6) is -1.34. The van der Waals surface area contributed by atoms with Gasteiger partial charge in [-0.15, -0.1) is 11.3 Å². The lowest BCUT2D eigenvalue weighted by atomic mass is 9.84. The topological polar surface area (TPSA) is 136 Å². The molecular weight excluding hydrogens is 723 g/mol. The molecule has 0 aliphatic carbocycles. The highest BCUT2D eigenvalue weighted by molar-refractivity contribution is 7.52. The molecule has 4 aromatic rings. The zero-order chi connectivity index (χ0) is 36.9. The summed E-state index contributed by atoms with van der Waals surface area (Å²) in [6.45, 7) is 6.38. The number of rotatable bonds is 7. The Hall–Kier alpha value is -3.71. The Morgan fingerprint density at radius 1 is 1.02 bits per heavy atom. The van der Waals surface area contributed by atoms with Crippen LogP contribution < -0.4 is 5.32 Å². The van der Waals surface area contributed by atoms with Crippen LogP contribution in [0, 0.1) is 5.41 Å². The predicted octanol–water partition coefficient (Wildman–Crippen LogP) is 6.48. The van der Waals surface area contributed by atoms with Gasteiger partial charge in [0.25, 0.3) is 5.91 Å². The average Bonchev–Trinajstić information content (AvgIpc) is 3.52. The van der Waals surface area contributed by atoms with Gasteiger partial charge in [-0.3, -0.25) is 18.9 Å². The van der Waals surface area contributed by atoms with E-state index in [1.807, 2.05) is 42.5 Å². The Kier molecular flexibility index (Phi) is 10.2. The summed E-state index contributed by atoms with van der Waals surface area (Å²) in [6, 6.07) is 17.4. The summed E-state index contributed by atoms with van der Waals surface area (Å²) in [5.41, 5.74) is -3.51. The van der Waals surface area contributed by atoms with Crippen LogP contribution in [0.1, 0.15) is 58.8 Å². The van der Waals surface area contributed by atoms with Crippen molar-refractivity contribution >= 4 is 58.3 Å². The zero-order valence-electron chi connectivity index (χ0n) is 28.0. The van der Waals surface area contributed by atoms with E-state index in [0.29, 0.717) is 16.3 Å². The van der Waals surface area contributed by atoms with Crippen LogP contribution in [0.3, 0.4) is 0 Å². The molecule has 10 nitrogen and oxygen atoms in total. The second-order valence-electron chi connectivity index (χ2n) is 13.8. The molecule has 3 heterocycles. The largest absolute Gasteiger partial charge is 0.399 e. The molecule has 3 amide bonds. The third kappa shape index (κ3) is 7.46. The van der Waals surface area contributed by atoms with E-state index < -0.39 is 54.2 Å². The minimum atomic E-state index is -5.79. The monoisotopic (exact) mass is 759 g/mol. The van der Waals surface area contributed by atoms with E-state index in [2.05, 4.69) is 5.32 Å². The van der Waals surface area contributed by atoms with E-state index >= 15 is 0 Å². The number of benzene rings is 3. The lowest BCUT2D eigenvalue weighted by Gasteiger charge is -2.43. The number of halogens is 3. The fourth-order valence-electron chi connectivity index (χ4n) is 6.49. The minimum Gasteiger partial charge on any atom is -0.370 e. The molecule has 0 bridgehead atoms. The van der Waals surface area contributed by atoms with Gasteiger partial charge in [0.1, 0.15) is 18.2 Å². The lowest BCUT2D eigenvalue weighted by Crippen LogP contribution is -2.61. The number of alkyl halides is 2. The SMILES string of the molecule is CC(C)(C)[C@H](NC(=O)c1cc2cc(C(F)(F)P(=O)(O)O)ccc2s1)C(=O)N1Cc2ccccc2C[C@H]1C(=O)N1CCOC(c2ccccc2Cl)C1. The van der Waals surface area contributed by atoms with Crippen LogP contribution in [0.25, 0.3) is 10.1 Å². The Morgan fingerprint density at radius 2 is 1.71 bits per heavy atom. The van der Waals surface area contributed by atoms with E-state index in [1.165, 1.54) is 17.0 Å². The van der Waals surface area contributed by atoms with Crippen molar-refractivity contribution in [3.05, 3.63) is 105 Å². The molecule has 1 unspecified atom stereocenters. The smallest absolute Gasteiger partial charge is 0.370 e. The standard InChI is InChI=1S/C36H37ClF2N3O7PS/c1-35(2,3)31(40-32(43)30-18-23-16-24(12-13-29(23)51-30)36(38,39)50(46,47)48)34(45)42-19-22-9-5-4-8-21(22)17-27(42)33(44)41-14-15-49-28(20-41)25-10-6-7-11-26(25)37/h4-13,16,18,27-28,31H,14-15,17,19-20H2,1-3H3,(H,40,43)(H2,46,47,48)/t27-,28?,31+/m0/s1. The number of morpholine rings is 1. The summed E-state index contributed by atoms with van der Waals surface area (Å²) in [4.78, 5) is 64.4. The maximum atomic E-state index is 14.6. The first-order valence-corrected chi connectivity index (χ1v) is 19.1. The number of nitrogens with zero attached hydrogens (tertiary/aromatic N) is 2. The Morgan fingerprint density at radius 3 is 2.39 bits per heavy atom. The first-order chi connectivity index (χ1) is 24.0. The van der Waals surface area contributed by atoms with Gasteiger partial charge >= 0.3 is 13.3 Å². The normalized spacial score (nSPS) is 19.1. The Labute approximate surface area is 302 Å². The van der Waals surface area contributed by atoms with Crippen molar-refractivity contribution in [1.82, 2.24) is 15.1 Å². The maximum absolute atomic E-state index is 14.6. The molecule has 2 aliphatic rings. The number of fused-ring (bicyclic) bond motifs is 2. The minimum absolute atomic E-state index is 0.110. The van der Waals surface area contributed by atoms with Gasteiger partial charge in [0.2, 0.25) is 11.8 Å². The van der Waals surface area contributed by atoms with Gasteiger partial charge in [0.05, 0.1) is 18.0 Å². The number of ether oxygens (including phenoxy) is 1. The van der Waals surface area contributed by atoms with Crippen molar-refractivity contribution in [3.63, 3.8) is 0 Å². The molecule has 3 aromatic carbocycles. The molecule has 15 heteroatoms. The number of carbonyl (C=O) groups is 3. The van der Waals surface area contributed by atoms with E-state index in [9.17, 15) is 37.5 Å². The second kappa shape index (κ2) is 14.0. The predicted molar refractivity (Wildman–Crippen MR) is 190 cm³/mol. The number of carbonyl (C=O) groups excluding carboxylic acids is 3. The van der Waals surface area contributed by atoms with Gasteiger partial charge in [-0.1, -0.05) is 80.9 Å². The molecule has 3 atom stereocenters. The molecule has 270 valence electrons. The van der Waals surface area contributed by atoms with E-state index in [4.69, 9.17) is 16.3 Å². The molecule has 1 saturated heterocycles. The molecule has 0 saturated carbocycles. The zero-order valence-corrected chi connectivity index (χ0v) is 30.5. The quantitative estimate of drug-likeness (QED) is 0.184. The number of amides is 3. The Balaban J connectivity index is 1.27. The summed E-state index contributed by atoms with van der Waals surface area (Å²) < 4.78 is 46.7. The first kappa shape index (κ1) is 37.1. The van der Waals surface area contributed by atoms with Gasteiger partial charge in [-0.05, 0) is 46.2 Å². The van der Waals surface area contributed by atoms with Crippen molar-refractivity contribution < 1.29 is 42.3 Å². The molecule has 3 N–H and O–H groups in total. The molecular formula is C36H37ClF2N3O7PS.